The van der Waals surface area contributed by atoms with Crippen LogP contribution in [0.25, 0.3) is 0 Å². The van der Waals surface area contributed by atoms with E-state index in [0.717, 1.165) is 12.0 Å². The van der Waals surface area contributed by atoms with Crippen molar-refractivity contribution in [3.05, 3.63) is 35.4 Å². The van der Waals surface area contributed by atoms with Gasteiger partial charge < -0.3 is 5.11 Å². The molecule has 1 aromatic rings. The summed E-state index contributed by atoms with van der Waals surface area (Å²) in [4.78, 5) is 37.3. The van der Waals surface area contributed by atoms with Crippen molar-refractivity contribution in [2.45, 2.75) is 38.1 Å². The van der Waals surface area contributed by atoms with Crippen LogP contribution in [0, 0.1) is 5.92 Å². The molecule has 1 aliphatic carbocycles. The molecule has 21 heavy (non-hydrogen) atoms. The molecule has 5 nitrogen and oxygen atoms in total. The molecule has 0 saturated heterocycles. The van der Waals surface area contributed by atoms with Crippen LogP contribution in [0.3, 0.4) is 0 Å². The fourth-order valence-electron chi connectivity index (χ4n) is 3.37. The highest BCUT2D eigenvalue weighted by Crippen LogP contribution is 2.31. The van der Waals surface area contributed by atoms with Crippen LogP contribution in [-0.4, -0.2) is 33.8 Å². The third kappa shape index (κ3) is 2.44. The molecule has 2 unspecified atom stereocenters. The number of aliphatic carboxylic acids is 1. The van der Waals surface area contributed by atoms with E-state index >= 15 is 0 Å². The van der Waals surface area contributed by atoms with Crippen LogP contribution in [0.1, 0.15) is 41.6 Å². The quantitative estimate of drug-likeness (QED) is 0.842. The first kappa shape index (κ1) is 13.8. The largest absolute Gasteiger partial charge is 0.481 e. The van der Waals surface area contributed by atoms with E-state index < -0.39 is 11.9 Å². The van der Waals surface area contributed by atoms with E-state index in [0.29, 0.717) is 24.8 Å². The number of carbonyl (C=O) groups is 3. The van der Waals surface area contributed by atoms with Gasteiger partial charge in [0.2, 0.25) is 5.91 Å². The SMILES string of the molecule is O=C(O)C1CCCC(N2C(=O)Cc3ccccc3C2=O)C1. The Morgan fingerprint density at radius 2 is 1.95 bits per heavy atom. The Labute approximate surface area is 122 Å². The van der Waals surface area contributed by atoms with Gasteiger partial charge in [0.25, 0.3) is 5.91 Å². The van der Waals surface area contributed by atoms with Crippen molar-refractivity contribution in [3.8, 4) is 0 Å². The summed E-state index contributed by atoms with van der Waals surface area (Å²) < 4.78 is 0. The number of hydrogen-bond donors (Lipinski definition) is 1. The summed E-state index contributed by atoms with van der Waals surface area (Å²) in [5.74, 6) is -1.79. The summed E-state index contributed by atoms with van der Waals surface area (Å²) >= 11 is 0. The lowest BCUT2D eigenvalue weighted by atomic mass is 9.83. The smallest absolute Gasteiger partial charge is 0.306 e. The van der Waals surface area contributed by atoms with Gasteiger partial charge in [0, 0.05) is 11.6 Å². The molecular formula is C16H17NO4. The first-order valence-corrected chi connectivity index (χ1v) is 7.25. The molecule has 1 fully saturated rings. The minimum Gasteiger partial charge on any atom is -0.481 e. The number of imide groups is 1. The van der Waals surface area contributed by atoms with Crippen LogP contribution in [0.2, 0.25) is 0 Å². The van der Waals surface area contributed by atoms with Gasteiger partial charge in [0.05, 0.1) is 12.3 Å². The third-order valence-electron chi connectivity index (χ3n) is 4.44. The Morgan fingerprint density at radius 1 is 1.19 bits per heavy atom. The first-order chi connectivity index (χ1) is 10.1. The van der Waals surface area contributed by atoms with E-state index in [1.165, 1.54) is 4.90 Å². The summed E-state index contributed by atoms with van der Waals surface area (Å²) in [5, 5.41) is 9.16. The second-order valence-electron chi connectivity index (χ2n) is 5.76. The number of carboxylic acid groups (broad SMARTS) is 1. The number of nitrogens with zero attached hydrogens (tertiary/aromatic N) is 1. The Kier molecular flexibility index (Phi) is 3.49. The predicted molar refractivity (Wildman–Crippen MR) is 74.7 cm³/mol. The van der Waals surface area contributed by atoms with Gasteiger partial charge in [-0.1, -0.05) is 24.6 Å². The van der Waals surface area contributed by atoms with Crippen molar-refractivity contribution in [2.75, 3.05) is 0 Å². The van der Waals surface area contributed by atoms with Crippen LogP contribution in [0.5, 0.6) is 0 Å². The lowest BCUT2D eigenvalue weighted by molar-refractivity contribution is -0.145. The standard InChI is InChI=1S/C16H17NO4/c18-14-9-10-4-1-2-7-13(10)15(19)17(14)12-6-3-5-11(8-12)16(20)21/h1-2,4,7,11-12H,3,5-6,8-9H2,(H,20,21). The van der Waals surface area contributed by atoms with E-state index in [2.05, 4.69) is 0 Å². The van der Waals surface area contributed by atoms with E-state index in [-0.39, 0.29) is 24.3 Å². The van der Waals surface area contributed by atoms with Gasteiger partial charge in [0.15, 0.2) is 0 Å². The lowest BCUT2D eigenvalue weighted by Gasteiger charge is -2.37. The Bertz CT molecular complexity index is 610. The average Bonchev–Trinajstić information content (AvgIpc) is 2.47. The highest BCUT2D eigenvalue weighted by atomic mass is 16.4. The van der Waals surface area contributed by atoms with Crippen LogP contribution in [-0.2, 0) is 16.0 Å². The van der Waals surface area contributed by atoms with Gasteiger partial charge in [-0.2, -0.15) is 0 Å². The Balaban J connectivity index is 1.87. The molecule has 1 saturated carbocycles. The van der Waals surface area contributed by atoms with Gasteiger partial charge in [0.1, 0.15) is 0 Å². The summed E-state index contributed by atoms with van der Waals surface area (Å²) in [6.45, 7) is 0. The summed E-state index contributed by atoms with van der Waals surface area (Å²) in [7, 11) is 0. The summed E-state index contributed by atoms with van der Waals surface area (Å²) in [6, 6.07) is 6.84. The maximum Gasteiger partial charge on any atom is 0.306 e. The molecule has 1 aromatic carbocycles. The molecular weight excluding hydrogens is 270 g/mol. The molecule has 1 N–H and O–H groups in total. The van der Waals surface area contributed by atoms with Crippen molar-refractivity contribution >= 4 is 17.8 Å². The normalized spacial score (nSPS) is 25.6. The topological polar surface area (TPSA) is 74.7 Å². The second kappa shape index (κ2) is 5.31. The summed E-state index contributed by atoms with van der Waals surface area (Å²) in [6.07, 6.45) is 2.65. The van der Waals surface area contributed by atoms with Gasteiger partial charge in [-0.3, -0.25) is 19.3 Å². The molecule has 1 heterocycles. The van der Waals surface area contributed by atoms with Crippen LogP contribution in [0.4, 0.5) is 0 Å². The second-order valence-corrected chi connectivity index (χ2v) is 5.76. The zero-order valence-corrected chi connectivity index (χ0v) is 11.6. The lowest BCUT2D eigenvalue weighted by Crippen LogP contribution is -2.50. The van der Waals surface area contributed by atoms with E-state index in [9.17, 15) is 14.4 Å². The number of amides is 2. The maximum absolute atomic E-state index is 12.6. The summed E-state index contributed by atoms with van der Waals surface area (Å²) in [5.41, 5.74) is 1.32. The fraction of sp³-hybridized carbons (Fsp3) is 0.438. The molecule has 2 amide bonds. The predicted octanol–water partition coefficient (Wildman–Crippen LogP) is 1.85. The third-order valence-corrected chi connectivity index (χ3v) is 4.44. The van der Waals surface area contributed by atoms with Gasteiger partial charge in [-0.25, -0.2) is 0 Å². The minimum absolute atomic E-state index is 0.213. The highest BCUT2D eigenvalue weighted by Gasteiger charge is 2.39. The van der Waals surface area contributed by atoms with E-state index in [1.54, 1.807) is 18.2 Å². The molecule has 0 spiro atoms. The van der Waals surface area contributed by atoms with Gasteiger partial charge in [-0.05, 0) is 30.9 Å². The first-order valence-electron chi connectivity index (χ1n) is 7.25. The number of rotatable bonds is 2. The number of carbonyl (C=O) groups excluding carboxylic acids is 2. The Hall–Kier alpha value is -2.17. The van der Waals surface area contributed by atoms with Crippen LogP contribution < -0.4 is 0 Å². The van der Waals surface area contributed by atoms with Gasteiger partial charge >= 0.3 is 5.97 Å². The molecule has 2 aliphatic rings. The average molecular weight is 287 g/mol. The zero-order valence-electron chi connectivity index (χ0n) is 11.6. The van der Waals surface area contributed by atoms with Gasteiger partial charge in [-0.15, -0.1) is 0 Å². The van der Waals surface area contributed by atoms with Crippen molar-refractivity contribution < 1.29 is 19.5 Å². The molecule has 0 radical (unpaired) electrons. The van der Waals surface area contributed by atoms with Crippen molar-refractivity contribution in [2.24, 2.45) is 5.92 Å². The fourth-order valence-corrected chi connectivity index (χ4v) is 3.37. The van der Waals surface area contributed by atoms with E-state index in [4.69, 9.17) is 5.11 Å². The zero-order chi connectivity index (χ0) is 15.0. The van der Waals surface area contributed by atoms with Crippen LogP contribution in [0.15, 0.2) is 24.3 Å². The van der Waals surface area contributed by atoms with Crippen molar-refractivity contribution in [1.29, 1.82) is 0 Å². The molecule has 2 atom stereocenters. The molecule has 5 heteroatoms. The number of fused-ring (bicyclic) bond motifs is 1. The highest BCUT2D eigenvalue weighted by molar-refractivity contribution is 6.10. The monoisotopic (exact) mass is 287 g/mol. The van der Waals surface area contributed by atoms with E-state index in [1.807, 2.05) is 6.07 Å². The Morgan fingerprint density at radius 3 is 2.71 bits per heavy atom. The minimum atomic E-state index is -0.836. The molecule has 3 rings (SSSR count). The van der Waals surface area contributed by atoms with Crippen LogP contribution >= 0.6 is 0 Å². The maximum atomic E-state index is 12.6. The molecule has 110 valence electrons. The number of hydrogen-bond acceptors (Lipinski definition) is 3. The van der Waals surface area contributed by atoms with Crippen molar-refractivity contribution in [3.63, 3.8) is 0 Å². The molecule has 0 aromatic heterocycles. The number of carboxylic acids is 1. The molecule has 1 aliphatic heterocycles. The number of benzene rings is 1. The van der Waals surface area contributed by atoms with Crippen molar-refractivity contribution in [1.82, 2.24) is 4.90 Å². The molecule has 0 bridgehead atoms.